The molecule has 0 atom stereocenters. The Hall–Kier alpha value is -3.83. The van der Waals surface area contributed by atoms with Crippen LogP contribution in [0.1, 0.15) is 24.8 Å². The number of nitrogens with one attached hydrogen (secondary N) is 1. The SMILES string of the molecule is CN(C)C(=O)O/N=C(/N)c1ccc(N2CCCC2=O)cc1.NC(=O)NCCC(=O)O. The van der Waals surface area contributed by atoms with Gasteiger partial charge in [-0.2, -0.15) is 0 Å². The number of benzene rings is 1. The van der Waals surface area contributed by atoms with Gasteiger partial charge in [0.1, 0.15) is 0 Å². The minimum atomic E-state index is -0.955. The summed E-state index contributed by atoms with van der Waals surface area (Å²) in [7, 11) is 3.10. The van der Waals surface area contributed by atoms with Gasteiger partial charge in [-0.1, -0.05) is 5.16 Å². The number of carboxylic acid groups (broad SMARTS) is 1. The van der Waals surface area contributed by atoms with Crippen LogP contribution in [-0.2, 0) is 14.4 Å². The monoisotopic (exact) mass is 422 g/mol. The summed E-state index contributed by atoms with van der Waals surface area (Å²) in [6.07, 6.45) is 0.775. The molecule has 2 rings (SSSR count). The molecule has 4 amide bonds. The molecule has 1 aromatic rings. The van der Waals surface area contributed by atoms with Gasteiger partial charge < -0.3 is 31.7 Å². The largest absolute Gasteiger partial charge is 0.481 e. The van der Waals surface area contributed by atoms with Gasteiger partial charge >= 0.3 is 18.1 Å². The number of rotatable bonds is 6. The van der Waals surface area contributed by atoms with Crippen LogP contribution in [0.4, 0.5) is 15.3 Å². The summed E-state index contributed by atoms with van der Waals surface area (Å²) in [5.41, 5.74) is 11.8. The Morgan fingerprint density at radius 1 is 1.23 bits per heavy atom. The summed E-state index contributed by atoms with van der Waals surface area (Å²) in [6, 6.07) is 6.38. The van der Waals surface area contributed by atoms with Crippen molar-refractivity contribution in [2.24, 2.45) is 16.6 Å². The summed E-state index contributed by atoms with van der Waals surface area (Å²) >= 11 is 0. The third-order valence-electron chi connectivity index (χ3n) is 3.77. The van der Waals surface area contributed by atoms with E-state index in [1.807, 2.05) is 0 Å². The molecule has 0 saturated carbocycles. The second kappa shape index (κ2) is 11.9. The van der Waals surface area contributed by atoms with Gasteiger partial charge in [0, 0.05) is 44.9 Å². The summed E-state index contributed by atoms with van der Waals surface area (Å²) < 4.78 is 0. The number of urea groups is 1. The number of oxime groups is 1. The smallest absolute Gasteiger partial charge is 0.435 e. The first kappa shape index (κ1) is 24.2. The van der Waals surface area contributed by atoms with Crippen molar-refractivity contribution in [1.29, 1.82) is 0 Å². The van der Waals surface area contributed by atoms with Gasteiger partial charge in [0.05, 0.1) is 6.42 Å². The van der Waals surface area contributed by atoms with Crippen LogP contribution in [0.15, 0.2) is 29.4 Å². The topological polar surface area (TPSA) is 181 Å². The molecule has 12 nitrogen and oxygen atoms in total. The number of carbonyl (C=O) groups excluding carboxylic acids is 3. The second-order valence-corrected chi connectivity index (χ2v) is 6.36. The van der Waals surface area contributed by atoms with E-state index in [0.29, 0.717) is 12.0 Å². The Kier molecular flexibility index (Phi) is 9.59. The van der Waals surface area contributed by atoms with Crippen molar-refractivity contribution in [3.63, 3.8) is 0 Å². The zero-order chi connectivity index (χ0) is 22.7. The molecule has 1 fully saturated rings. The van der Waals surface area contributed by atoms with E-state index in [9.17, 15) is 19.2 Å². The number of amides is 4. The first-order chi connectivity index (χ1) is 14.1. The van der Waals surface area contributed by atoms with Crippen molar-refractivity contribution in [2.45, 2.75) is 19.3 Å². The Labute approximate surface area is 173 Å². The Bertz CT molecular complexity index is 779. The fourth-order valence-corrected chi connectivity index (χ4v) is 2.25. The molecule has 1 saturated heterocycles. The van der Waals surface area contributed by atoms with Gasteiger partial charge in [-0.3, -0.25) is 14.4 Å². The van der Waals surface area contributed by atoms with E-state index in [1.165, 1.54) is 4.90 Å². The molecule has 0 radical (unpaired) electrons. The van der Waals surface area contributed by atoms with Crippen LogP contribution in [0.2, 0.25) is 0 Å². The number of aliphatic carboxylic acids is 1. The highest BCUT2D eigenvalue weighted by Gasteiger charge is 2.21. The molecule has 0 aliphatic carbocycles. The predicted molar refractivity (Wildman–Crippen MR) is 109 cm³/mol. The van der Waals surface area contributed by atoms with Crippen LogP contribution in [0.5, 0.6) is 0 Å². The summed E-state index contributed by atoms with van der Waals surface area (Å²) in [5, 5.41) is 13.7. The fraction of sp³-hybridized carbons (Fsp3) is 0.389. The molecule has 30 heavy (non-hydrogen) atoms. The minimum Gasteiger partial charge on any atom is -0.481 e. The highest BCUT2D eigenvalue weighted by Crippen LogP contribution is 2.21. The number of carboxylic acids is 1. The van der Waals surface area contributed by atoms with Crippen molar-refractivity contribution in [2.75, 3.05) is 32.1 Å². The Morgan fingerprint density at radius 3 is 2.33 bits per heavy atom. The van der Waals surface area contributed by atoms with Crippen LogP contribution in [0.3, 0.4) is 0 Å². The van der Waals surface area contributed by atoms with Crippen molar-refractivity contribution in [3.05, 3.63) is 29.8 Å². The number of nitrogens with two attached hydrogens (primary N) is 2. The van der Waals surface area contributed by atoms with Crippen LogP contribution in [-0.4, -0.2) is 67.0 Å². The molecule has 0 unspecified atom stereocenters. The second-order valence-electron chi connectivity index (χ2n) is 6.36. The molecule has 0 aromatic heterocycles. The number of hydrogen-bond donors (Lipinski definition) is 4. The van der Waals surface area contributed by atoms with E-state index >= 15 is 0 Å². The van der Waals surface area contributed by atoms with Crippen molar-refractivity contribution >= 4 is 35.5 Å². The lowest BCUT2D eigenvalue weighted by atomic mass is 10.2. The third-order valence-corrected chi connectivity index (χ3v) is 3.77. The van der Waals surface area contributed by atoms with Crippen LogP contribution in [0, 0.1) is 0 Å². The number of nitrogens with zero attached hydrogens (tertiary/aromatic N) is 3. The maximum absolute atomic E-state index is 11.7. The lowest BCUT2D eigenvalue weighted by Gasteiger charge is -2.15. The lowest BCUT2D eigenvalue weighted by Crippen LogP contribution is -2.31. The molecule has 12 heteroatoms. The van der Waals surface area contributed by atoms with E-state index in [-0.39, 0.29) is 24.7 Å². The van der Waals surface area contributed by atoms with Crippen molar-refractivity contribution in [3.8, 4) is 0 Å². The number of carbonyl (C=O) groups is 4. The number of hydrogen-bond acceptors (Lipinski definition) is 6. The molecule has 1 heterocycles. The summed E-state index contributed by atoms with van der Waals surface area (Å²) in [6.45, 7) is 0.826. The van der Waals surface area contributed by atoms with E-state index in [0.717, 1.165) is 18.7 Å². The Morgan fingerprint density at radius 2 is 1.87 bits per heavy atom. The maximum Gasteiger partial charge on any atom is 0.435 e. The molecule has 1 aliphatic heterocycles. The van der Waals surface area contributed by atoms with Crippen LogP contribution in [0.25, 0.3) is 0 Å². The number of amidine groups is 1. The molecule has 1 aliphatic rings. The van der Waals surface area contributed by atoms with Gasteiger partial charge in [-0.05, 0) is 30.7 Å². The van der Waals surface area contributed by atoms with E-state index in [4.69, 9.17) is 10.8 Å². The van der Waals surface area contributed by atoms with E-state index < -0.39 is 18.1 Å². The standard InChI is InChI=1S/C14H18N4O3.C4H8N2O3/c1-17(2)14(20)21-16-13(15)10-5-7-11(8-6-10)18-9-3-4-12(18)19;5-4(9)6-2-1-3(7)8/h5-8H,3-4,9H2,1-2H3,(H2,15,16);1-2H2,(H,7,8)(H3,5,6,9). The molecule has 6 N–H and O–H groups in total. The number of anilines is 1. The highest BCUT2D eigenvalue weighted by atomic mass is 16.7. The number of primary amides is 1. The zero-order valence-corrected chi connectivity index (χ0v) is 16.8. The minimum absolute atomic E-state index is 0.0880. The molecular weight excluding hydrogens is 396 g/mol. The normalized spacial score (nSPS) is 13.2. The first-order valence-electron chi connectivity index (χ1n) is 8.99. The van der Waals surface area contributed by atoms with Crippen molar-refractivity contribution in [1.82, 2.24) is 10.2 Å². The molecule has 1 aromatic carbocycles. The summed E-state index contributed by atoms with van der Waals surface area (Å²) in [4.78, 5) is 50.2. The molecule has 164 valence electrons. The average molecular weight is 422 g/mol. The lowest BCUT2D eigenvalue weighted by molar-refractivity contribution is -0.136. The van der Waals surface area contributed by atoms with Crippen LogP contribution >= 0.6 is 0 Å². The van der Waals surface area contributed by atoms with Gasteiger partial charge in [0.2, 0.25) is 5.91 Å². The Balaban J connectivity index is 0.000000424. The predicted octanol–water partition coefficient (Wildman–Crippen LogP) is 0.261. The fourth-order valence-electron chi connectivity index (χ4n) is 2.25. The first-order valence-corrected chi connectivity index (χ1v) is 8.99. The molecule has 0 bridgehead atoms. The van der Waals surface area contributed by atoms with Gasteiger partial charge in [-0.15, -0.1) is 0 Å². The maximum atomic E-state index is 11.7. The van der Waals surface area contributed by atoms with Crippen molar-refractivity contribution < 1.29 is 29.1 Å². The van der Waals surface area contributed by atoms with Gasteiger partial charge in [0.15, 0.2) is 5.84 Å². The van der Waals surface area contributed by atoms with Gasteiger partial charge in [0.25, 0.3) is 0 Å². The average Bonchev–Trinajstić information content (AvgIpc) is 3.11. The van der Waals surface area contributed by atoms with E-state index in [1.54, 1.807) is 43.3 Å². The molecule has 0 spiro atoms. The highest BCUT2D eigenvalue weighted by molar-refractivity contribution is 5.99. The zero-order valence-electron chi connectivity index (χ0n) is 16.8. The van der Waals surface area contributed by atoms with Gasteiger partial charge in [-0.25, -0.2) is 9.59 Å². The van der Waals surface area contributed by atoms with Crippen LogP contribution < -0.4 is 21.7 Å². The molecular formula is C18H26N6O6. The third kappa shape index (κ3) is 8.46. The summed E-state index contributed by atoms with van der Waals surface area (Å²) in [5.74, 6) is -0.724. The quantitative estimate of drug-likeness (QED) is 0.219. The van der Waals surface area contributed by atoms with E-state index in [2.05, 4.69) is 21.0 Å².